The minimum atomic E-state index is 0.781. The van der Waals surface area contributed by atoms with Crippen LogP contribution in [0.3, 0.4) is 0 Å². The van der Waals surface area contributed by atoms with E-state index in [-0.39, 0.29) is 0 Å². The average Bonchev–Trinajstić information content (AvgIpc) is 2.37. The number of allylic oxidation sites excluding steroid dienone is 2. The van der Waals surface area contributed by atoms with Gasteiger partial charge in [-0.1, -0.05) is 32.4 Å². The summed E-state index contributed by atoms with van der Waals surface area (Å²) in [6.07, 6.45) is 5.60. The van der Waals surface area contributed by atoms with Crippen LogP contribution in [0.2, 0.25) is 0 Å². The van der Waals surface area contributed by atoms with Gasteiger partial charge in [-0.3, -0.25) is 0 Å². The summed E-state index contributed by atoms with van der Waals surface area (Å²) in [6.45, 7) is 4.36. The van der Waals surface area contributed by atoms with E-state index in [1.54, 1.807) is 14.2 Å². The molecule has 1 aromatic carbocycles. The zero-order chi connectivity index (χ0) is 12.7. The first-order valence-corrected chi connectivity index (χ1v) is 6.18. The predicted octanol–water partition coefficient (Wildman–Crippen LogP) is 4.30. The van der Waals surface area contributed by atoms with E-state index in [2.05, 4.69) is 32.1 Å². The number of benzene rings is 1. The van der Waals surface area contributed by atoms with E-state index in [0.29, 0.717) is 0 Å². The number of ether oxygens (including phenoxy) is 2. The Bertz CT molecular complexity index is 381. The Hall–Kier alpha value is -1.44. The van der Waals surface area contributed by atoms with Crippen LogP contribution in [0.1, 0.15) is 38.7 Å². The maximum absolute atomic E-state index is 5.33. The first kappa shape index (κ1) is 13.6. The lowest BCUT2D eigenvalue weighted by Gasteiger charge is -2.11. The van der Waals surface area contributed by atoms with Crippen LogP contribution >= 0.6 is 0 Å². The molecule has 94 valence electrons. The van der Waals surface area contributed by atoms with Gasteiger partial charge in [0.05, 0.1) is 14.2 Å². The van der Waals surface area contributed by atoms with Crippen molar-refractivity contribution in [3.63, 3.8) is 0 Å². The van der Waals surface area contributed by atoms with Crippen LogP contribution in [0, 0.1) is 0 Å². The highest BCUT2D eigenvalue weighted by Crippen LogP contribution is 2.31. The van der Waals surface area contributed by atoms with Crippen molar-refractivity contribution in [1.29, 1.82) is 0 Å². The maximum Gasteiger partial charge on any atom is 0.161 e. The summed E-state index contributed by atoms with van der Waals surface area (Å²) >= 11 is 0. The molecule has 0 radical (unpaired) electrons. The summed E-state index contributed by atoms with van der Waals surface area (Å²) in [5.74, 6) is 1.58. The molecule has 0 N–H and O–H groups in total. The molecular formula is C15H22O2. The van der Waals surface area contributed by atoms with Gasteiger partial charge in [-0.25, -0.2) is 0 Å². The van der Waals surface area contributed by atoms with Crippen molar-refractivity contribution < 1.29 is 9.47 Å². The first-order chi connectivity index (χ1) is 8.26. The number of rotatable bonds is 6. The van der Waals surface area contributed by atoms with Gasteiger partial charge in [0.1, 0.15) is 0 Å². The lowest BCUT2D eigenvalue weighted by molar-refractivity contribution is 0.355. The second-order valence-corrected chi connectivity index (χ2v) is 3.96. The maximum atomic E-state index is 5.33. The fourth-order valence-electron chi connectivity index (χ4n) is 1.92. The molecule has 0 aliphatic rings. The average molecular weight is 234 g/mol. The van der Waals surface area contributed by atoms with Crippen molar-refractivity contribution >= 4 is 5.57 Å². The van der Waals surface area contributed by atoms with E-state index >= 15 is 0 Å². The SMILES string of the molecule is CC/C=C(/CCC)c1ccc(OC)c(OC)c1. The van der Waals surface area contributed by atoms with Crippen LogP contribution in [0.15, 0.2) is 24.3 Å². The fourth-order valence-corrected chi connectivity index (χ4v) is 1.92. The quantitative estimate of drug-likeness (QED) is 0.730. The van der Waals surface area contributed by atoms with Crippen LogP contribution in [0.4, 0.5) is 0 Å². The summed E-state index contributed by atoms with van der Waals surface area (Å²) in [5.41, 5.74) is 2.61. The summed E-state index contributed by atoms with van der Waals surface area (Å²) < 4.78 is 10.6. The van der Waals surface area contributed by atoms with E-state index in [9.17, 15) is 0 Å². The van der Waals surface area contributed by atoms with Crippen LogP contribution in [0.5, 0.6) is 11.5 Å². The molecule has 1 rings (SSSR count). The second kappa shape index (κ2) is 7.00. The Kier molecular flexibility index (Phi) is 5.61. The Morgan fingerprint density at radius 1 is 1.12 bits per heavy atom. The lowest BCUT2D eigenvalue weighted by atomic mass is 10.00. The Morgan fingerprint density at radius 3 is 2.35 bits per heavy atom. The van der Waals surface area contributed by atoms with Crippen molar-refractivity contribution in [3.05, 3.63) is 29.8 Å². The molecular weight excluding hydrogens is 212 g/mol. The standard InChI is InChI=1S/C15H22O2/c1-5-7-12(8-6-2)13-9-10-14(16-3)15(11-13)17-4/h7,9-11H,5-6,8H2,1-4H3/b12-7-. The predicted molar refractivity (Wildman–Crippen MR) is 72.7 cm³/mol. The highest BCUT2D eigenvalue weighted by molar-refractivity contribution is 5.68. The molecule has 0 heterocycles. The van der Waals surface area contributed by atoms with Gasteiger partial charge >= 0.3 is 0 Å². The van der Waals surface area contributed by atoms with Gasteiger partial charge in [0.15, 0.2) is 11.5 Å². The molecule has 0 saturated carbocycles. The minimum Gasteiger partial charge on any atom is -0.493 e. The molecule has 0 bridgehead atoms. The zero-order valence-corrected chi connectivity index (χ0v) is 11.2. The molecule has 0 aromatic heterocycles. The van der Waals surface area contributed by atoms with E-state index < -0.39 is 0 Å². The molecule has 0 amide bonds. The summed E-state index contributed by atoms with van der Waals surface area (Å²) in [5, 5.41) is 0. The van der Waals surface area contributed by atoms with Crippen molar-refractivity contribution in [1.82, 2.24) is 0 Å². The Balaban J connectivity index is 3.08. The highest BCUT2D eigenvalue weighted by Gasteiger charge is 2.07. The second-order valence-electron chi connectivity index (χ2n) is 3.96. The third-order valence-electron chi connectivity index (χ3n) is 2.72. The normalized spacial score (nSPS) is 11.4. The first-order valence-electron chi connectivity index (χ1n) is 6.18. The number of hydrogen-bond donors (Lipinski definition) is 0. The lowest BCUT2D eigenvalue weighted by Crippen LogP contribution is -1.92. The topological polar surface area (TPSA) is 18.5 Å². The van der Waals surface area contributed by atoms with Crippen molar-refractivity contribution in [2.75, 3.05) is 14.2 Å². The van der Waals surface area contributed by atoms with Crippen molar-refractivity contribution in [2.45, 2.75) is 33.1 Å². The van der Waals surface area contributed by atoms with Gasteiger partial charge in [-0.15, -0.1) is 0 Å². The molecule has 0 saturated heterocycles. The number of methoxy groups -OCH3 is 2. The fraction of sp³-hybridized carbons (Fsp3) is 0.467. The monoisotopic (exact) mass is 234 g/mol. The van der Waals surface area contributed by atoms with Crippen LogP contribution < -0.4 is 9.47 Å². The molecule has 0 aliphatic carbocycles. The number of hydrogen-bond acceptors (Lipinski definition) is 2. The van der Waals surface area contributed by atoms with Gasteiger partial charge in [-0.05, 0) is 36.1 Å². The molecule has 0 fully saturated rings. The minimum absolute atomic E-state index is 0.781. The molecule has 2 nitrogen and oxygen atoms in total. The van der Waals surface area contributed by atoms with Crippen LogP contribution in [-0.4, -0.2) is 14.2 Å². The molecule has 17 heavy (non-hydrogen) atoms. The molecule has 0 atom stereocenters. The van der Waals surface area contributed by atoms with Crippen LogP contribution in [-0.2, 0) is 0 Å². The Morgan fingerprint density at radius 2 is 1.82 bits per heavy atom. The van der Waals surface area contributed by atoms with E-state index in [1.165, 1.54) is 11.1 Å². The molecule has 0 spiro atoms. The van der Waals surface area contributed by atoms with E-state index in [0.717, 1.165) is 30.8 Å². The summed E-state index contributed by atoms with van der Waals surface area (Å²) in [4.78, 5) is 0. The molecule has 0 aliphatic heterocycles. The van der Waals surface area contributed by atoms with Crippen LogP contribution in [0.25, 0.3) is 5.57 Å². The van der Waals surface area contributed by atoms with E-state index in [4.69, 9.17) is 9.47 Å². The third-order valence-corrected chi connectivity index (χ3v) is 2.72. The van der Waals surface area contributed by atoms with E-state index in [1.807, 2.05) is 6.07 Å². The van der Waals surface area contributed by atoms with Gasteiger partial charge < -0.3 is 9.47 Å². The Labute approximate surface area is 104 Å². The summed E-state index contributed by atoms with van der Waals surface area (Å²) in [6, 6.07) is 6.11. The highest BCUT2D eigenvalue weighted by atomic mass is 16.5. The van der Waals surface area contributed by atoms with Gasteiger partial charge in [0.25, 0.3) is 0 Å². The van der Waals surface area contributed by atoms with Gasteiger partial charge in [0.2, 0.25) is 0 Å². The summed E-state index contributed by atoms with van der Waals surface area (Å²) in [7, 11) is 3.33. The molecule has 2 heteroatoms. The molecule has 1 aromatic rings. The smallest absolute Gasteiger partial charge is 0.161 e. The van der Waals surface area contributed by atoms with Crippen molar-refractivity contribution in [3.8, 4) is 11.5 Å². The van der Waals surface area contributed by atoms with Gasteiger partial charge in [0, 0.05) is 0 Å². The largest absolute Gasteiger partial charge is 0.493 e. The zero-order valence-electron chi connectivity index (χ0n) is 11.2. The third kappa shape index (κ3) is 3.52. The molecule has 0 unspecified atom stereocenters. The van der Waals surface area contributed by atoms with Crippen molar-refractivity contribution in [2.24, 2.45) is 0 Å². The van der Waals surface area contributed by atoms with Gasteiger partial charge in [-0.2, -0.15) is 0 Å².